The zero-order chi connectivity index (χ0) is 17.0. The fourth-order valence-electron chi connectivity index (χ4n) is 2.58. The lowest BCUT2D eigenvalue weighted by Crippen LogP contribution is -2.57. The molecule has 1 amide bonds. The molecule has 1 unspecified atom stereocenters. The summed E-state index contributed by atoms with van der Waals surface area (Å²) < 4.78 is 40.6. The van der Waals surface area contributed by atoms with Crippen molar-refractivity contribution in [3.05, 3.63) is 33.8 Å². The first-order chi connectivity index (χ1) is 10.8. The first-order valence-corrected chi connectivity index (χ1v) is 8.15. The van der Waals surface area contributed by atoms with E-state index in [0.717, 1.165) is 4.47 Å². The lowest BCUT2D eigenvalue weighted by molar-refractivity contribution is -0.183. The Morgan fingerprint density at radius 1 is 1.38 bits per heavy atom. The summed E-state index contributed by atoms with van der Waals surface area (Å²) in [5.74, 6) is -0.492. The molecule has 1 aliphatic rings. The van der Waals surface area contributed by atoms with Gasteiger partial charge in [0.25, 0.3) is 5.91 Å². The second kappa shape index (κ2) is 9.03. The molecular formula is C15H20BrClF3N3O. The SMILES string of the molecule is Cc1c(Br)cccc1C(=O)NCC(N1CCNCC1)C(F)(F)F.Cl. The smallest absolute Gasteiger partial charge is 0.350 e. The van der Waals surface area contributed by atoms with Crippen LogP contribution in [-0.4, -0.2) is 55.7 Å². The second-order valence-electron chi connectivity index (χ2n) is 5.47. The molecule has 4 nitrogen and oxygen atoms in total. The van der Waals surface area contributed by atoms with Crippen molar-refractivity contribution >= 4 is 34.2 Å². The molecule has 0 radical (unpaired) electrons. The van der Waals surface area contributed by atoms with Crippen LogP contribution in [0, 0.1) is 6.92 Å². The van der Waals surface area contributed by atoms with Crippen molar-refractivity contribution in [1.82, 2.24) is 15.5 Å². The summed E-state index contributed by atoms with van der Waals surface area (Å²) in [6, 6.07) is 3.40. The fourth-order valence-corrected chi connectivity index (χ4v) is 2.95. The van der Waals surface area contributed by atoms with E-state index >= 15 is 0 Å². The largest absolute Gasteiger partial charge is 0.405 e. The quantitative estimate of drug-likeness (QED) is 0.772. The highest BCUT2D eigenvalue weighted by molar-refractivity contribution is 9.10. The van der Waals surface area contributed by atoms with Gasteiger partial charge in [0.15, 0.2) is 0 Å². The number of nitrogens with zero attached hydrogens (tertiary/aromatic N) is 1. The molecule has 1 fully saturated rings. The van der Waals surface area contributed by atoms with Gasteiger partial charge in [0.05, 0.1) is 0 Å². The second-order valence-corrected chi connectivity index (χ2v) is 6.32. The minimum Gasteiger partial charge on any atom is -0.350 e. The molecule has 2 rings (SSSR count). The third-order valence-electron chi connectivity index (χ3n) is 3.94. The van der Waals surface area contributed by atoms with Gasteiger partial charge in [0.2, 0.25) is 0 Å². The summed E-state index contributed by atoms with van der Waals surface area (Å²) >= 11 is 3.31. The van der Waals surface area contributed by atoms with E-state index in [1.54, 1.807) is 25.1 Å². The molecule has 1 aromatic carbocycles. The normalized spacial score (nSPS) is 17.0. The molecule has 24 heavy (non-hydrogen) atoms. The van der Waals surface area contributed by atoms with Gasteiger partial charge in [0, 0.05) is 42.8 Å². The lowest BCUT2D eigenvalue weighted by atomic mass is 10.1. The third-order valence-corrected chi connectivity index (χ3v) is 4.80. The van der Waals surface area contributed by atoms with Crippen LogP contribution >= 0.6 is 28.3 Å². The molecule has 0 bridgehead atoms. The number of nitrogens with one attached hydrogen (secondary N) is 2. The molecule has 0 aromatic heterocycles. The monoisotopic (exact) mass is 429 g/mol. The molecule has 2 N–H and O–H groups in total. The Bertz CT molecular complexity index is 565. The van der Waals surface area contributed by atoms with Crippen molar-refractivity contribution in [2.45, 2.75) is 19.1 Å². The average molecular weight is 431 g/mol. The van der Waals surface area contributed by atoms with Crippen LogP contribution in [0.1, 0.15) is 15.9 Å². The fraction of sp³-hybridized carbons (Fsp3) is 0.533. The Hall–Kier alpha value is -0.830. The maximum atomic E-state index is 13.3. The predicted molar refractivity (Wildman–Crippen MR) is 92.7 cm³/mol. The predicted octanol–water partition coefficient (Wildman–Crippen LogP) is 2.75. The molecular weight excluding hydrogens is 411 g/mol. The molecule has 0 saturated carbocycles. The van der Waals surface area contributed by atoms with E-state index in [1.807, 2.05) is 0 Å². The molecule has 1 saturated heterocycles. The van der Waals surface area contributed by atoms with Gasteiger partial charge in [-0.2, -0.15) is 13.2 Å². The van der Waals surface area contributed by atoms with Crippen LogP contribution in [0.15, 0.2) is 22.7 Å². The number of amides is 1. The topological polar surface area (TPSA) is 44.4 Å². The number of benzene rings is 1. The average Bonchev–Trinajstić information content (AvgIpc) is 2.50. The highest BCUT2D eigenvalue weighted by Crippen LogP contribution is 2.25. The molecule has 0 spiro atoms. The Morgan fingerprint density at radius 2 is 2.00 bits per heavy atom. The number of alkyl halides is 3. The van der Waals surface area contributed by atoms with Crippen LogP contribution in [0.2, 0.25) is 0 Å². The highest BCUT2D eigenvalue weighted by atomic mass is 79.9. The van der Waals surface area contributed by atoms with Crippen molar-refractivity contribution < 1.29 is 18.0 Å². The number of piperazine rings is 1. The van der Waals surface area contributed by atoms with Crippen LogP contribution in [0.25, 0.3) is 0 Å². The summed E-state index contributed by atoms with van der Waals surface area (Å²) in [4.78, 5) is 13.6. The Morgan fingerprint density at radius 3 is 2.58 bits per heavy atom. The molecule has 0 aliphatic carbocycles. The number of carbonyl (C=O) groups excluding carboxylic acids is 1. The van der Waals surface area contributed by atoms with Crippen LogP contribution in [0.4, 0.5) is 13.2 Å². The molecule has 1 atom stereocenters. The first kappa shape index (κ1) is 21.2. The van der Waals surface area contributed by atoms with Crippen molar-refractivity contribution in [1.29, 1.82) is 0 Å². The maximum Gasteiger partial charge on any atom is 0.405 e. The van der Waals surface area contributed by atoms with E-state index in [1.165, 1.54) is 4.90 Å². The van der Waals surface area contributed by atoms with Gasteiger partial charge in [-0.1, -0.05) is 22.0 Å². The zero-order valence-electron chi connectivity index (χ0n) is 13.1. The zero-order valence-corrected chi connectivity index (χ0v) is 15.5. The number of rotatable bonds is 4. The van der Waals surface area contributed by atoms with Gasteiger partial charge in [-0.3, -0.25) is 9.69 Å². The van der Waals surface area contributed by atoms with Crippen molar-refractivity contribution in [3.8, 4) is 0 Å². The summed E-state index contributed by atoms with van der Waals surface area (Å²) in [6.07, 6.45) is -4.38. The minimum atomic E-state index is -4.38. The van der Waals surface area contributed by atoms with Crippen LogP contribution in [0.3, 0.4) is 0 Å². The number of hydrogen-bond donors (Lipinski definition) is 2. The van der Waals surface area contributed by atoms with Gasteiger partial charge in [-0.15, -0.1) is 12.4 Å². The van der Waals surface area contributed by atoms with Crippen molar-refractivity contribution in [2.24, 2.45) is 0 Å². The van der Waals surface area contributed by atoms with Crippen molar-refractivity contribution in [2.75, 3.05) is 32.7 Å². The van der Waals surface area contributed by atoms with Crippen LogP contribution in [-0.2, 0) is 0 Å². The number of carbonyl (C=O) groups is 1. The lowest BCUT2D eigenvalue weighted by Gasteiger charge is -2.35. The van der Waals surface area contributed by atoms with E-state index in [9.17, 15) is 18.0 Å². The Kier molecular flexibility index (Phi) is 7.98. The Balaban J connectivity index is 0.00000288. The van der Waals surface area contributed by atoms with E-state index in [0.29, 0.717) is 37.3 Å². The number of hydrogen-bond acceptors (Lipinski definition) is 3. The standard InChI is InChI=1S/C15H19BrF3N3O.ClH/c1-10-11(3-2-4-12(10)16)14(23)21-9-13(15(17,18)19)22-7-5-20-6-8-22;/h2-4,13,20H,5-9H2,1H3,(H,21,23);1H. The third kappa shape index (κ3) is 5.34. The van der Waals surface area contributed by atoms with Gasteiger partial charge < -0.3 is 10.6 Å². The van der Waals surface area contributed by atoms with E-state index in [-0.39, 0.29) is 12.4 Å². The molecule has 1 heterocycles. The van der Waals surface area contributed by atoms with E-state index in [2.05, 4.69) is 26.6 Å². The summed E-state index contributed by atoms with van der Waals surface area (Å²) in [5.41, 5.74) is 1.08. The molecule has 1 aliphatic heterocycles. The Labute approximate surface area is 153 Å². The maximum absolute atomic E-state index is 13.3. The summed E-state index contributed by atoms with van der Waals surface area (Å²) in [6.45, 7) is 2.97. The minimum absolute atomic E-state index is 0. The summed E-state index contributed by atoms with van der Waals surface area (Å²) in [7, 11) is 0. The molecule has 136 valence electrons. The first-order valence-electron chi connectivity index (χ1n) is 7.35. The molecule has 1 aromatic rings. The van der Waals surface area contributed by atoms with E-state index < -0.39 is 24.7 Å². The summed E-state index contributed by atoms with van der Waals surface area (Å²) in [5, 5.41) is 5.45. The van der Waals surface area contributed by atoms with Gasteiger partial charge in [0.1, 0.15) is 6.04 Å². The molecule has 9 heteroatoms. The van der Waals surface area contributed by atoms with Gasteiger partial charge in [-0.25, -0.2) is 0 Å². The van der Waals surface area contributed by atoms with Crippen molar-refractivity contribution in [3.63, 3.8) is 0 Å². The highest BCUT2D eigenvalue weighted by Gasteiger charge is 2.43. The van der Waals surface area contributed by atoms with Gasteiger partial charge in [-0.05, 0) is 24.6 Å². The van der Waals surface area contributed by atoms with E-state index in [4.69, 9.17) is 0 Å². The van der Waals surface area contributed by atoms with Crippen LogP contribution < -0.4 is 10.6 Å². The number of halogens is 5. The van der Waals surface area contributed by atoms with Crippen LogP contribution in [0.5, 0.6) is 0 Å². The van der Waals surface area contributed by atoms with Gasteiger partial charge >= 0.3 is 6.18 Å².